The van der Waals surface area contributed by atoms with Crippen molar-refractivity contribution in [1.82, 2.24) is 4.98 Å². The van der Waals surface area contributed by atoms with Crippen LogP contribution >= 0.6 is 0 Å². The number of hydrogen-bond donors (Lipinski definition) is 1. The molecular formula is C24H16N2O4. The number of carboxylic acid groups (broad SMARTS) is 1. The summed E-state index contributed by atoms with van der Waals surface area (Å²) < 4.78 is 11.3. The van der Waals surface area contributed by atoms with Crippen LogP contribution in [-0.2, 0) is 6.61 Å². The van der Waals surface area contributed by atoms with Crippen LogP contribution in [0.2, 0.25) is 0 Å². The molecule has 0 radical (unpaired) electrons. The summed E-state index contributed by atoms with van der Waals surface area (Å²) in [5.74, 6) is -0.683. The van der Waals surface area contributed by atoms with Crippen molar-refractivity contribution in [2.75, 3.05) is 0 Å². The fourth-order valence-corrected chi connectivity index (χ4v) is 2.96. The lowest BCUT2D eigenvalue weighted by Gasteiger charge is -2.10. The van der Waals surface area contributed by atoms with Crippen LogP contribution in [0.25, 0.3) is 22.7 Å². The molecule has 0 bridgehead atoms. The van der Waals surface area contributed by atoms with E-state index in [0.29, 0.717) is 16.7 Å². The van der Waals surface area contributed by atoms with Gasteiger partial charge >= 0.3 is 5.97 Å². The molecule has 0 aliphatic carbocycles. The molecule has 1 N–H and O–H groups in total. The Bertz CT molecular complexity index is 1250. The molecule has 1 aromatic heterocycles. The minimum absolute atomic E-state index is 0.00883. The molecule has 30 heavy (non-hydrogen) atoms. The van der Waals surface area contributed by atoms with Crippen molar-refractivity contribution >= 4 is 28.7 Å². The molecule has 0 aliphatic heterocycles. The number of carbonyl (C=O) groups is 1. The van der Waals surface area contributed by atoms with Crippen LogP contribution in [-0.4, -0.2) is 16.1 Å². The van der Waals surface area contributed by atoms with Gasteiger partial charge < -0.3 is 14.3 Å². The Morgan fingerprint density at radius 3 is 2.60 bits per heavy atom. The highest BCUT2D eigenvalue weighted by Gasteiger charge is 2.14. The summed E-state index contributed by atoms with van der Waals surface area (Å²) >= 11 is 0. The molecular weight excluding hydrogens is 380 g/mol. The zero-order chi connectivity index (χ0) is 20.9. The highest BCUT2D eigenvalue weighted by molar-refractivity contribution is 5.94. The molecule has 146 valence electrons. The molecule has 0 unspecified atom stereocenters. The Kier molecular flexibility index (Phi) is 5.27. The molecule has 0 aliphatic rings. The fraction of sp³-hybridized carbons (Fsp3) is 0.0417. The summed E-state index contributed by atoms with van der Waals surface area (Å²) in [6.07, 6.45) is 1.54. The summed E-state index contributed by atoms with van der Waals surface area (Å²) in [5.41, 5.74) is 2.88. The summed E-state index contributed by atoms with van der Waals surface area (Å²) in [4.78, 5) is 16.1. The number of carboxylic acids is 1. The van der Waals surface area contributed by atoms with Crippen molar-refractivity contribution in [3.63, 3.8) is 0 Å². The number of nitriles is 1. The average Bonchev–Trinajstić information content (AvgIpc) is 3.21. The molecule has 1 heterocycles. The fourth-order valence-electron chi connectivity index (χ4n) is 2.96. The summed E-state index contributed by atoms with van der Waals surface area (Å²) in [5, 5.41) is 19.1. The number of oxazole rings is 1. The third-order valence-electron chi connectivity index (χ3n) is 4.43. The number of benzene rings is 3. The van der Waals surface area contributed by atoms with Crippen molar-refractivity contribution in [3.8, 4) is 11.8 Å². The van der Waals surface area contributed by atoms with Crippen molar-refractivity contribution < 1.29 is 19.1 Å². The van der Waals surface area contributed by atoms with E-state index in [9.17, 15) is 15.2 Å². The molecule has 0 spiro atoms. The van der Waals surface area contributed by atoms with Crippen molar-refractivity contribution in [3.05, 3.63) is 95.4 Å². The Balaban J connectivity index is 1.64. The maximum absolute atomic E-state index is 11.7. The minimum Gasteiger partial charge on any atom is -0.488 e. The van der Waals surface area contributed by atoms with Crippen molar-refractivity contribution in [2.24, 2.45) is 0 Å². The summed E-state index contributed by atoms with van der Waals surface area (Å²) in [6, 6.07) is 23.5. The van der Waals surface area contributed by atoms with Gasteiger partial charge in [-0.1, -0.05) is 48.5 Å². The van der Waals surface area contributed by atoms with Crippen LogP contribution in [0.15, 0.2) is 77.2 Å². The number of aromatic carboxylic acids is 1. The first-order valence-corrected chi connectivity index (χ1v) is 9.16. The molecule has 0 amide bonds. The minimum atomic E-state index is -1.12. The molecule has 4 rings (SSSR count). The first kappa shape index (κ1) is 19.0. The molecule has 0 fully saturated rings. The van der Waals surface area contributed by atoms with Gasteiger partial charge in [-0.05, 0) is 41.5 Å². The lowest BCUT2D eigenvalue weighted by Crippen LogP contribution is -2.04. The quantitative estimate of drug-likeness (QED) is 0.452. The number of nitrogens with zero attached hydrogens (tertiary/aromatic N) is 2. The van der Waals surface area contributed by atoms with Gasteiger partial charge in [-0.25, -0.2) is 9.78 Å². The SMILES string of the molecule is N#C/C(=C/c1ccc(OCc2ccccc2)c(C(=O)O)c1)c1nc2ccccc2o1. The van der Waals surface area contributed by atoms with Crippen molar-refractivity contribution in [1.29, 1.82) is 5.26 Å². The molecule has 6 heteroatoms. The molecule has 4 aromatic rings. The van der Waals surface area contributed by atoms with Crippen LogP contribution in [0.1, 0.15) is 27.4 Å². The van der Waals surface area contributed by atoms with Gasteiger partial charge in [-0.2, -0.15) is 5.26 Å². The standard InChI is InChI=1S/C24H16N2O4/c25-14-18(23-26-20-8-4-5-9-22(20)30-23)12-17-10-11-21(19(13-17)24(27)28)29-15-16-6-2-1-3-7-16/h1-13H,15H2,(H,27,28)/b18-12-. The van der Waals surface area contributed by atoms with Gasteiger partial charge in [0.15, 0.2) is 5.58 Å². The lowest BCUT2D eigenvalue weighted by atomic mass is 10.1. The number of allylic oxidation sites excluding steroid dienone is 1. The molecule has 6 nitrogen and oxygen atoms in total. The van der Waals surface area contributed by atoms with Gasteiger partial charge in [0.05, 0.1) is 0 Å². The first-order chi connectivity index (χ1) is 14.6. The first-order valence-electron chi connectivity index (χ1n) is 9.16. The third kappa shape index (κ3) is 4.05. The van der Waals surface area contributed by atoms with E-state index in [1.165, 1.54) is 12.1 Å². The highest BCUT2D eigenvalue weighted by Crippen LogP contribution is 2.26. The number of hydrogen-bond acceptors (Lipinski definition) is 5. The molecule has 3 aromatic carbocycles. The Labute approximate surface area is 172 Å². The Morgan fingerprint density at radius 1 is 1.10 bits per heavy atom. The van der Waals surface area contributed by atoms with Crippen LogP contribution in [0, 0.1) is 11.3 Å². The predicted molar refractivity (Wildman–Crippen MR) is 112 cm³/mol. The van der Waals surface area contributed by atoms with E-state index in [-0.39, 0.29) is 29.4 Å². The second kappa shape index (κ2) is 8.33. The van der Waals surface area contributed by atoms with Crippen molar-refractivity contribution in [2.45, 2.75) is 6.61 Å². The van der Waals surface area contributed by atoms with Crippen LogP contribution < -0.4 is 4.74 Å². The monoisotopic (exact) mass is 396 g/mol. The molecule has 0 saturated carbocycles. The lowest BCUT2D eigenvalue weighted by molar-refractivity contribution is 0.0691. The summed E-state index contributed by atoms with van der Waals surface area (Å²) in [6.45, 7) is 0.253. The number of para-hydroxylation sites is 2. The number of aromatic nitrogens is 1. The van der Waals surface area contributed by atoms with Gasteiger partial charge in [-0.3, -0.25) is 0 Å². The highest BCUT2D eigenvalue weighted by atomic mass is 16.5. The zero-order valence-corrected chi connectivity index (χ0v) is 15.8. The van der Waals surface area contributed by atoms with E-state index in [4.69, 9.17) is 9.15 Å². The topological polar surface area (TPSA) is 96.3 Å². The van der Waals surface area contributed by atoms with Gasteiger partial charge in [0.1, 0.15) is 35.1 Å². The normalized spacial score (nSPS) is 11.2. The van der Waals surface area contributed by atoms with Gasteiger partial charge in [0.2, 0.25) is 5.89 Å². The maximum atomic E-state index is 11.7. The van der Waals surface area contributed by atoms with Gasteiger partial charge in [0.25, 0.3) is 0 Å². The van der Waals surface area contributed by atoms with E-state index < -0.39 is 5.97 Å². The van der Waals surface area contributed by atoms with Crippen LogP contribution in [0.4, 0.5) is 0 Å². The predicted octanol–water partition coefficient (Wildman–Crippen LogP) is 5.17. The second-order valence-corrected chi connectivity index (χ2v) is 6.49. The van der Waals surface area contributed by atoms with E-state index in [0.717, 1.165) is 5.56 Å². The van der Waals surface area contributed by atoms with Crippen LogP contribution in [0.5, 0.6) is 5.75 Å². The maximum Gasteiger partial charge on any atom is 0.339 e. The Hall–Kier alpha value is -4.37. The van der Waals surface area contributed by atoms with E-state index in [2.05, 4.69) is 11.1 Å². The van der Waals surface area contributed by atoms with Gasteiger partial charge in [0, 0.05) is 0 Å². The Morgan fingerprint density at radius 2 is 1.87 bits per heavy atom. The number of fused-ring (bicyclic) bond motifs is 1. The largest absolute Gasteiger partial charge is 0.488 e. The van der Waals surface area contributed by atoms with E-state index in [1.54, 1.807) is 24.3 Å². The molecule has 0 atom stereocenters. The van der Waals surface area contributed by atoms with Gasteiger partial charge in [-0.15, -0.1) is 0 Å². The molecule has 0 saturated heterocycles. The van der Waals surface area contributed by atoms with E-state index in [1.807, 2.05) is 42.5 Å². The summed E-state index contributed by atoms with van der Waals surface area (Å²) in [7, 11) is 0. The van der Waals surface area contributed by atoms with E-state index >= 15 is 0 Å². The third-order valence-corrected chi connectivity index (χ3v) is 4.43. The number of ether oxygens (including phenoxy) is 1. The smallest absolute Gasteiger partial charge is 0.339 e. The van der Waals surface area contributed by atoms with Crippen LogP contribution in [0.3, 0.4) is 0 Å². The number of rotatable bonds is 6. The second-order valence-electron chi connectivity index (χ2n) is 6.49. The zero-order valence-electron chi connectivity index (χ0n) is 15.8. The average molecular weight is 396 g/mol.